The fraction of sp³-hybridized carbons (Fsp3) is 0.533. The predicted octanol–water partition coefficient (Wildman–Crippen LogP) is 2.95. The third-order valence-corrected chi connectivity index (χ3v) is 3.71. The van der Waals surface area contributed by atoms with E-state index in [-0.39, 0.29) is 11.8 Å². The van der Waals surface area contributed by atoms with Gasteiger partial charge in [0.1, 0.15) is 12.4 Å². The first kappa shape index (κ1) is 11.6. The highest BCUT2D eigenvalue weighted by Gasteiger charge is 2.36. The molecule has 2 aliphatic rings. The Hall–Kier alpha value is -1.51. The number of rotatable bonds is 2. The lowest BCUT2D eigenvalue weighted by Gasteiger charge is -2.30. The van der Waals surface area contributed by atoms with Gasteiger partial charge in [-0.05, 0) is 36.5 Å². The maximum Gasteiger partial charge on any atom is 0.230 e. The molecule has 3 heteroatoms. The topological polar surface area (TPSA) is 29.5 Å². The largest absolute Gasteiger partial charge is 0.490 e. The van der Waals surface area contributed by atoms with Crippen LogP contribution in [0.2, 0.25) is 0 Å². The molecule has 0 atom stereocenters. The van der Waals surface area contributed by atoms with Crippen LogP contribution in [-0.2, 0) is 4.79 Å². The molecular weight excluding hydrogens is 226 g/mol. The third kappa shape index (κ3) is 1.98. The molecule has 0 radical (unpaired) electrons. The summed E-state index contributed by atoms with van der Waals surface area (Å²) in [6.45, 7) is 5.62. The SMILES string of the molecule is CC(C)c1ccc2c(c1)N(C(=O)C1CC1)CCO2. The Kier molecular flexibility index (Phi) is 2.77. The standard InChI is InChI=1S/C15H19NO2/c1-10(2)12-5-6-14-13(9-12)16(7-8-18-14)15(17)11-3-4-11/h5-6,9-11H,3-4,7-8H2,1-2H3. The van der Waals surface area contributed by atoms with Crippen LogP contribution < -0.4 is 9.64 Å². The maximum atomic E-state index is 12.3. The lowest BCUT2D eigenvalue weighted by molar-refractivity contribution is -0.120. The third-order valence-electron chi connectivity index (χ3n) is 3.71. The minimum Gasteiger partial charge on any atom is -0.490 e. The first-order valence-corrected chi connectivity index (χ1v) is 6.75. The number of anilines is 1. The second-order valence-electron chi connectivity index (χ2n) is 5.49. The zero-order chi connectivity index (χ0) is 12.7. The summed E-state index contributed by atoms with van der Waals surface area (Å²) in [6, 6.07) is 6.20. The Labute approximate surface area is 108 Å². The molecular formula is C15H19NO2. The van der Waals surface area contributed by atoms with E-state index in [1.165, 1.54) is 5.56 Å². The highest BCUT2D eigenvalue weighted by Crippen LogP contribution is 2.38. The van der Waals surface area contributed by atoms with Crippen molar-refractivity contribution in [3.63, 3.8) is 0 Å². The Balaban J connectivity index is 1.96. The van der Waals surface area contributed by atoms with Crippen molar-refractivity contribution < 1.29 is 9.53 Å². The summed E-state index contributed by atoms with van der Waals surface area (Å²) in [5.74, 6) is 1.86. The van der Waals surface area contributed by atoms with Crippen LogP contribution in [0.5, 0.6) is 5.75 Å². The van der Waals surface area contributed by atoms with Crippen molar-refractivity contribution in [3.8, 4) is 5.75 Å². The number of benzene rings is 1. The zero-order valence-corrected chi connectivity index (χ0v) is 11.0. The van der Waals surface area contributed by atoms with Gasteiger partial charge < -0.3 is 9.64 Å². The molecule has 1 aromatic carbocycles. The molecule has 3 rings (SSSR count). The smallest absolute Gasteiger partial charge is 0.230 e. The molecule has 1 saturated carbocycles. The summed E-state index contributed by atoms with van der Waals surface area (Å²) in [6.07, 6.45) is 2.10. The minimum atomic E-state index is 0.263. The van der Waals surface area contributed by atoms with Crippen molar-refractivity contribution in [1.29, 1.82) is 0 Å². The highest BCUT2D eigenvalue weighted by molar-refractivity contribution is 5.98. The van der Waals surface area contributed by atoms with Gasteiger partial charge in [0.15, 0.2) is 0 Å². The van der Waals surface area contributed by atoms with Crippen LogP contribution in [0.15, 0.2) is 18.2 Å². The van der Waals surface area contributed by atoms with E-state index in [9.17, 15) is 4.79 Å². The lowest BCUT2D eigenvalue weighted by Crippen LogP contribution is -2.38. The van der Waals surface area contributed by atoms with Crippen molar-refractivity contribution in [2.45, 2.75) is 32.6 Å². The van der Waals surface area contributed by atoms with E-state index in [1.54, 1.807) is 0 Å². The predicted molar refractivity (Wildman–Crippen MR) is 71.1 cm³/mol. The second-order valence-corrected chi connectivity index (χ2v) is 5.49. The Morgan fingerprint density at radius 3 is 2.83 bits per heavy atom. The van der Waals surface area contributed by atoms with Crippen LogP contribution in [0.25, 0.3) is 0 Å². The van der Waals surface area contributed by atoms with Crippen molar-refractivity contribution in [3.05, 3.63) is 23.8 Å². The summed E-state index contributed by atoms with van der Waals surface area (Å²) in [5.41, 5.74) is 2.22. The molecule has 1 heterocycles. The van der Waals surface area contributed by atoms with E-state index in [1.807, 2.05) is 11.0 Å². The van der Waals surface area contributed by atoms with E-state index >= 15 is 0 Å². The fourth-order valence-corrected chi connectivity index (χ4v) is 2.37. The van der Waals surface area contributed by atoms with E-state index < -0.39 is 0 Å². The normalized spacial score (nSPS) is 18.5. The van der Waals surface area contributed by atoms with Crippen LogP contribution in [0.4, 0.5) is 5.69 Å². The quantitative estimate of drug-likeness (QED) is 0.801. The van der Waals surface area contributed by atoms with Crippen molar-refractivity contribution >= 4 is 11.6 Å². The highest BCUT2D eigenvalue weighted by atomic mass is 16.5. The van der Waals surface area contributed by atoms with E-state index in [0.717, 1.165) is 24.3 Å². The molecule has 3 nitrogen and oxygen atoms in total. The first-order valence-electron chi connectivity index (χ1n) is 6.75. The summed E-state index contributed by atoms with van der Waals surface area (Å²) in [4.78, 5) is 14.2. The van der Waals surface area contributed by atoms with Gasteiger partial charge in [-0.25, -0.2) is 0 Å². The van der Waals surface area contributed by atoms with Crippen LogP contribution in [0, 0.1) is 5.92 Å². The number of fused-ring (bicyclic) bond motifs is 1. The maximum absolute atomic E-state index is 12.3. The monoisotopic (exact) mass is 245 g/mol. The molecule has 1 fully saturated rings. The number of hydrogen-bond acceptors (Lipinski definition) is 2. The average molecular weight is 245 g/mol. The lowest BCUT2D eigenvalue weighted by atomic mass is 10.0. The summed E-state index contributed by atoms with van der Waals surface area (Å²) in [7, 11) is 0. The number of carbonyl (C=O) groups is 1. The molecule has 0 N–H and O–H groups in total. The number of carbonyl (C=O) groups excluding carboxylic acids is 1. The molecule has 0 aromatic heterocycles. The van der Waals surface area contributed by atoms with Crippen molar-refractivity contribution in [1.82, 2.24) is 0 Å². The molecule has 1 aliphatic heterocycles. The van der Waals surface area contributed by atoms with Gasteiger partial charge >= 0.3 is 0 Å². The summed E-state index contributed by atoms with van der Waals surface area (Å²) in [5, 5.41) is 0. The van der Waals surface area contributed by atoms with Crippen LogP contribution >= 0.6 is 0 Å². The van der Waals surface area contributed by atoms with Gasteiger partial charge in [-0.15, -0.1) is 0 Å². The molecule has 96 valence electrons. The molecule has 18 heavy (non-hydrogen) atoms. The number of hydrogen-bond donors (Lipinski definition) is 0. The summed E-state index contributed by atoms with van der Waals surface area (Å²) < 4.78 is 5.64. The molecule has 1 amide bonds. The Morgan fingerprint density at radius 1 is 1.39 bits per heavy atom. The zero-order valence-electron chi connectivity index (χ0n) is 11.0. The van der Waals surface area contributed by atoms with E-state index in [2.05, 4.69) is 26.0 Å². The first-order chi connectivity index (χ1) is 8.66. The fourth-order valence-electron chi connectivity index (χ4n) is 2.37. The molecule has 1 aliphatic carbocycles. The molecule has 1 aromatic rings. The van der Waals surface area contributed by atoms with Gasteiger partial charge in [0.2, 0.25) is 5.91 Å². The molecule has 0 saturated heterocycles. The van der Waals surface area contributed by atoms with Gasteiger partial charge in [-0.2, -0.15) is 0 Å². The Bertz CT molecular complexity index is 477. The minimum absolute atomic E-state index is 0.263. The van der Waals surface area contributed by atoms with E-state index in [4.69, 9.17) is 4.74 Å². The van der Waals surface area contributed by atoms with Crippen molar-refractivity contribution in [2.75, 3.05) is 18.1 Å². The second kappa shape index (κ2) is 4.30. The van der Waals surface area contributed by atoms with Crippen LogP contribution in [-0.4, -0.2) is 19.1 Å². The van der Waals surface area contributed by atoms with Gasteiger partial charge in [0, 0.05) is 5.92 Å². The van der Waals surface area contributed by atoms with Gasteiger partial charge in [-0.3, -0.25) is 4.79 Å². The molecule has 0 spiro atoms. The molecule has 0 bridgehead atoms. The summed E-state index contributed by atoms with van der Waals surface area (Å²) >= 11 is 0. The Morgan fingerprint density at radius 2 is 2.17 bits per heavy atom. The van der Waals surface area contributed by atoms with Gasteiger partial charge in [-0.1, -0.05) is 19.9 Å². The average Bonchev–Trinajstić information content (AvgIpc) is 3.20. The van der Waals surface area contributed by atoms with Gasteiger partial charge in [0.05, 0.1) is 12.2 Å². The number of ether oxygens (including phenoxy) is 1. The molecule has 0 unspecified atom stereocenters. The van der Waals surface area contributed by atoms with E-state index in [0.29, 0.717) is 19.1 Å². The number of amides is 1. The van der Waals surface area contributed by atoms with Crippen LogP contribution in [0.1, 0.15) is 38.2 Å². The van der Waals surface area contributed by atoms with Crippen LogP contribution in [0.3, 0.4) is 0 Å². The van der Waals surface area contributed by atoms with Gasteiger partial charge in [0.25, 0.3) is 0 Å². The number of nitrogens with zero attached hydrogens (tertiary/aromatic N) is 1. The van der Waals surface area contributed by atoms with Crippen molar-refractivity contribution in [2.24, 2.45) is 5.92 Å².